The first kappa shape index (κ1) is 16.5. The molecule has 7 nitrogen and oxygen atoms in total. The van der Waals surface area contributed by atoms with E-state index in [1.807, 2.05) is 13.0 Å². The average molecular weight is 293 g/mol. The fourth-order valence-corrected chi connectivity index (χ4v) is 1.74. The first-order chi connectivity index (χ1) is 9.92. The van der Waals surface area contributed by atoms with E-state index >= 15 is 0 Å². The number of carboxylic acids is 1. The Morgan fingerprint density at radius 1 is 1.33 bits per heavy atom. The lowest BCUT2D eigenvalue weighted by Gasteiger charge is -2.14. The third-order valence-corrected chi connectivity index (χ3v) is 2.88. The van der Waals surface area contributed by atoms with Crippen LogP contribution in [0.25, 0.3) is 0 Å². The number of hydrogen-bond donors (Lipinski definition) is 4. The van der Waals surface area contributed by atoms with Crippen LogP contribution in [0.2, 0.25) is 0 Å². The maximum Gasteiger partial charge on any atom is 0.326 e. The minimum Gasteiger partial charge on any atom is -0.480 e. The van der Waals surface area contributed by atoms with E-state index < -0.39 is 23.9 Å². The molecule has 0 saturated heterocycles. The number of aryl methyl sites for hydroxylation is 1. The van der Waals surface area contributed by atoms with Crippen molar-refractivity contribution in [3.63, 3.8) is 0 Å². The van der Waals surface area contributed by atoms with Gasteiger partial charge in [-0.1, -0.05) is 19.1 Å². The molecular formula is C14H19N3O4. The Morgan fingerprint density at radius 3 is 2.62 bits per heavy atom. The number of nitrogens with one attached hydrogen (secondary N) is 2. The minimum atomic E-state index is -1.21. The molecular weight excluding hydrogens is 274 g/mol. The highest BCUT2D eigenvalue weighted by atomic mass is 16.4. The lowest BCUT2D eigenvalue weighted by Crippen LogP contribution is -2.43. The van der Waals surface area contributed by atoms with Gasteiger partial charge in [0.25, 0.3) is 0 Å². The Bertz CT molecular complexity index is 531. The van der Waals surface area contributed by atoms with E-state index in [0.717, 1.165) is 12.0 Å². The topological polar surface area (TPSA) is 122 Å². The van der Waals surface area contributed by atoms with Gasteiger partial charge < -0.3 is 21.5 Å². The van der Waals surface area contributed by atoms with Gasteiger partial charge in [0, 0.05) is 12.1 Å². The summed E-state index contributed by atoms with van der Waals surface area (Å²) in [6.07, 6.45) is 0.670. The van der Waals surface area contributed by atoms with Crippen molar-refractivity contribution in [2.24, 2.45) is 5.73 Å². The van der Waals surface area contributed by atoms with Crippen LogP contribution in [0.4, 0.5) is 10.5 Å². The highest BCUT2D eigenvalue weighted by Gasteiger charge is 2.20. The standard InChI is InChI=1S/C14H19N3O4/c1-2-9-4-3-5-10(8-9)16-14(21)17-11(13(19)20)6-7-12(15)18/h3-5,8,11H,2,6-7H2,1H3,(H2,15,18)(H,19,20)(H2,16,17,21)/t11-/m0/s1. The van der Waals surface area contributed by atoms with Crippen LogP contribution in [-0.2, 0) is 16.0 Å². The molecule has 0 aromatic heterocycles. The van der Waals surface area contributed by atoms with E-state index in [9.17, 15) is 14.4 Å². The van der Waals surface area contributed by atoms with Crippen molar-refractivity contribution in [2.45, 2.75) is 32.2 Å². The van der Waals surface area contributed by atoms with Gasteiger partial charge in [0.05, 0.1) is 0 Å². The number of urea groups is 1. The molecule has 0 aliphatic carbocycles. The second-order valence-corrected chi connectivity index (χ2v) is 4.55. The van der Waals surface area contributed by atoms with Gasteiger partial charge in [-0.05, 0) is 30.5 Å². The first-order valence-electron chi connectivity index (χ1n) is 6.60. The number of hydrogen-bond acceptors (Lipinski definition) is 3. The van der Waals surface area contributed by atoms with Gasteiger partial charge in [-0.3, -0.25) is 4.79 Å². The molecule has 1 atom stereocenters. The van der Waals surface area contributed by atoms with Gasteiger partial charge in [0.1, 0.15) is 6.04 Å². The molecule has 1 aromatic rings. The van der Waals surface area contributed by atoms with Crippen LogP contribution in [0, 0.1) is 0 Å². The van der Waals surface area contributed by atoms with Gasteiger partial charge in [-0.25, -0.2) is 9.59 Å². The summed E-state index contributed by atoms with van der Waals surface area (Å²) in [4.78, 5) is 33.5. The van der Waals surface area contributed by atoms with E-state index in [1.54, 1.807) is 18.2 Å². The number of aliphatic carboxylic acids is 1. The Hall–Kier alpha value is -2.57. The summed E-state index contributed by atoms with van der Waals surface area (Å²) in [5, 5.41) is 13.8. The molecule has 0 aliphatic heterocycles. The monoisotopic (exact) mass is 293 g/mol. The smallest absolute Gasteiger partial charge is 0.326 e. The number of carbonyl (C=O) groups excluding carboxylic acids is 2. The van der Waals surface area contributed by atoms with Crippen molar-refractivity contribution < 1.29 is 19.5 Å². The molecule has 0 heterocycles. The van der Waals surface area contributed by atoms with Crippen LogP contribution in [0.15, 0.2) is 24.3 Å². The molecule has 0 fully saturated rings. The van der Waals surface area contributed by atoms with Crippen LogP contribution in [0.3, 0.4) is 0 Å². The van der Waals surface area contributed by atoms with Crippen LogP contribution < -0.4 is 16.4 Å². The summed E-state index contributed by atoms with van der Waals surface area (Å²) in [7, 11) is 0. The minimum absolute atomic E-state index is 0.0485. The number of benzene rings is 1. The van der Waals surface area contributed by atoms with Crippen molar-refractivity contribution in [1.82, 2.24) is 5.32 Å². The summed E-state index contributed by atoms with van der Waals surface area (Å²) in [5.41, 5.74) is 6.59. The number of amides is 3. The van der Waals surface area contributed by atoms with Crippen molar-refractivity contribution in [3.8, 4) is 0 Å². The molecule has 21 heavy (non-hydrogen) atoms. The van der Waals surface area contributed by atoms with E-state index in [-0.39, 0.29) is 12.8 Å². The lowest BCUT2D eigenvalue weighted by atomic mass is 10.1. The Balaban J connectivity index is 2.60. The van der Waals surface area contributed by atoms with Gasteiger partial charge in [0.15, 0.2) is 0 Å². The highest BCUT2D eigenvalue weighted by molar-refractivity contribution is 5.92. The van der Waals surface area contributed by atoms with Crippen LogP contribution >= 0.6 is 0 Å². The Kier molecular flexibility index (Phi) is 6.19. The molecule has 1 rings (SSSR count). The molecule has 0 radical (unpaired) electrons. The molecule has 114 valence electrons. The highest BCUT2D eigenvalue weighted by Crippen LogP contribution is 2.11. The van der Waals surface area contributed by atoms with E-state index in [4.69, 9.17) is 10.8 Å². The number of anilines is 1. The lowest BCUT2D eigenvalue weighted by molar-refractivity contribution is -0.139. The van der Waals surface area contributed by atoms with Crippen molar-refractivity contribution >= 4 is 23.6 Å². The van der Waals surface area contributed by atoms with Crippen LogP contribution in [0.1, 0.15) is 25.3 Å². The number of primary amides is 1. The Labute approximate surface area is 122 Å². The molecule has 0 saturated carbocycles. The first-order valence-corrected chi connectivity index (χ1v) is 6.60. The second-order valence-electron chi connectivity index (χ2n) is 4.55. The van der Waals surface area contributed by atoms with Crippen molar-refractivity contribution in [2.75, 3.05) is 5.32 Å². The van der Waals surface area contributed by atoms with Crippen LogP contribution in [-0.4, -0.2) is 29.1 Å². The number of nitrogens with two attached hydrogens (primary N) is 1. The van der Waals surface area contributed by atoms with Crippen LogP contribution in [0.5, 0.6) is 0 Å². The van der Waals surface area contributed by atoms with Gasteiger partial charge in [-0.2, -0.15) is 0 Å². The van der Waals surface area contributed by atoms with Gasteiger partial charge in [-0.15, -0.1) is 0 Å². The molecule has 5 N–H and O–H groups in total. The van der Waals surface area contributed by atoms with Crippen molar-refractivity contribution in [1.29, 1.82) is 0 Å². The zero-order chi connectivity index (χ0) is 15.8. The van der Waals surface area contributed by atoms with Crippen molar-refractivity contribution in [3.05, 3.63) is 29.8 Å². The Morgan fingerprint density at radius 2 is 2.05 bits per heavy atom. The molecule has 3 amide bonds. The summed E-state index contributed by atoms with van der Waals surface area (Å²) >= 11 is 0. The van der Waals surface area contributed by atoms with E-state index in [2.05, 4.69) is 10.6 Å². The SMILES string of the molecule is CCc1cccc(NC(=O)N[C@@H](CCC(N)=O)C(=O)O)c1. The summed E-state index contributed by atoms with van der Waals surface area (Å²) in [6, 6.07) is 5.44. The predicted octanol–water partition coefficient (Wildman–Crippen LogP) is 1.09. The maximum atomic E-state index is 11.8. The van der Waals surface area contributed by atoms with E-state index in [0.29, 0.717) is 5.69 Å². The average Bonchev–Trinajstić information content (AvgIpc) is 2.43. The fourth-order valence-electron chi connectivity index (χ4n) is 1.74. The number of carbonyl (C=O) groups is 3. The fraction of sp³-hybridized carbons (Fsp3) is 0.357. The number of rotatable bonds is 7. The van der Waals surface area contributed by atoms with Gasteiger partial charge >= 0.3 is 12.0 Å². The van der Waals surface area contributed by atoms with E-state index in [1.165, 1.54) is 0 Å². The third-order valence-electron chi connectivity index (χ3n) is 2.88. The normalized spacial score (nSPS) is 11.5. The van der Waals surface area contributed by atoms with Gasteiger partial charge in [0.2, 0.25) is 5.91 Å². The summed E-state index contributed by atoms with van der Waals surface area (Å²) < 4.78 is 0. The summed E-state index contributed by atoms with van der Waals surface area (Å²) in [5.74, 6) is -1.83. The number of carboxylic acid groups (broad SMARTS) is 1. The molecule has 0 aliphatic rings. The predicted molar refractivity (Wildman–Crippen MR) is 77.8 cm³/mol. The molecule has 7 heteroatoms. The third kappa shape index (κ3) is 5.94. The molecule has 0 spiro atoms. The largest absolute Gasteiger partial charge is 0.480 e. The molecule has 0 unspecified atom stereocenters. The maximum absolute atomic E-state index is 11.8. The second kappa shape index (κ2) is 7.88. The molecule has 0 bridgehead atoms. The zero-order valence-corrected chi connectivity index (χ0v) is 11.8. The summed E-state index contributed by atoms with van der Waals surface area (Å²) in [6.45, 7) is 1.99. The quantitative estimate of drug-likeness (QED) is 0.601. The zero-order valence-electron chi connectivity index (χ0n) is 11.8. The molecule has 1 aromatic carbocycles.